The van der Waals surface area contributed by atoms with Crippen molar-refractivity contribution in [1.29, 1.82) is 0 Å². The minimum atomic E-state index is -0.257. The van der Waals surface area contributed by atoms with E-state index in [0.29, 0.717) is 39.1 Å². The van der Waals surface area contributed by atoms with Crippen LogP contribution in [0.15, 0.2) is 59.6 Å². The van der Waals surface area contributed by atoms with E-state index in [1.54, 1.807) is 19.2 Å². The topological polar surface area (TPSA) is 58.9 Å². The number of carbonyl (C=O) groups excluding carboxylic acids is 1. The molecule has 0 bridgehead atoms. The predicted octanol–water partition coefficient (Wildman–Crippen LogP) is 5.92. The van der Waals surface area contributed by atoms with Crippen LogP contribution in [0.3, 0.4) is 0 Å². The maximum atomic E-state index is 13.1. The fraction of sp³-hybridized carbons (Fsp3) is 0.200. The molecule has 0 unspecified atom stereocenters. The van der Waals surface area contributed by atoms with Gasteiger partial charge in [-0.25, -0.2) is 0 Å². The highest BCUT2D eigenvalue weighted by Gasteiger charge is 2.29. The number of aromatic hydroxyl groups is 1. The minimum Gasteiger partial charge on any atom is -0.507 e. The number of fused-ring (bicyclic) bond motifs is 2. The summed E-state index contributed by atoms with van der Waals surface area (Å²) in [5.74, 6) is 0.888. The summed E-state index contributed by atoms with van der Waals surface area (Å²) < 4.78 is 6.26. The molecule has 0 saturated heterocycles. The maximum absolute atomic E-state index is 13.1. The average molecular weight is 385 g/mol. The Kier molecular flexibility index (Phi) is 4.50. The zero-order chi connectivity index (χ0) is 20.8. The van der Waals surface area contributed by atoms with Gasteiger partial charge < -0.3 is 9.84 Å². The van der Waals surface area contributed by atoms with Crippen LogP contribution in [0.25, 0.3) is 16.8 Å². The Morgan fingerprint density at radius 1 is 0.931 bits per heavy atom. The number of phenolic OH excluding ortho intramolecular Hbond substituents is 1. The summed E-state index contributed by atoms with van der Waals surface area (Å²) in [6.45, 7) is 6.47. The van der Waals surface area contributed by atoms with Crippen LogP contribution in [0, 0.1) is 0 Å². The van der Waals surface area contributed by atoms with Gasteiger partial charge in [-0.05, 0) is 35.3 Å². The molecule has 4 rings (SSSR count). The van der Waals surface area contributed by atoms with Crippen LogP contribution in [-0.4, -0.2) is 23.6 Å². The molecule has 0 aliphatic heterocycles. The van der Waals surface area contributed by atoms with Crippen molar-refractivity contribution in [3.63, 3.8) is 0 Å². The molecule has 3 aromatic rings. The minimum absolute atomic E-state index is 0.0379. The second-order valence-corrected chi connectivity index (χ2v) is 8.16. The summed E-state index contributed by atoms with van der Waals surface area (Å²) in [5, 5.41) is 12.1. The smallest absolute Gasteiger partial charge is 0.215 e. The first kappa shape index (κ1) is 18.9. The SMILES string of the molecule is CN=C1C=Cc2c(c(Oc3ccc(C(C)(C)C)cc3)c3ccccc3c2O)C1=O. The number of carbonyl (C=O) groups is 1. The van der Waals surface area contributed by atoms with Crippen LogP contribution < -0.4 is 4.74 Å². The number of ketones is 1. The molecule has 0 spiro atoms. The molecule has 0 aromatic heterocycles. The van der Waals surface area contributed by atoms with Gasteiger partial charge in [0, 0.05) is 23.4 Å². The second kappa shape index (κ2) is 6.89. The van der Waals surface area contributed by atoms with Crippen molar-refractivity contribution in [3.05, 3.63) is 71.3 Å². The number of hydrogen-bond acceptors (Lipinski definition) is 4. The van der Waals surface area contributed by atoms with Gasteiger partial charge in [-0.3, -0.25) is 9.79 Å². The first-order valence-corrected chi connectivity index (χ1v) is 9.57. The van der Waals surface area contributed by atoms with E-state index in [2.05, 4.69) is 25.8 Å². The van der Waals surface area contributed by atoms with E-state index in [1.807, 2.05) is 48.5 Å². The van der Waals surface area contributed by atoms with Crippen molar-refractivity contribution in [2.75, 3.05) is 7.05 Å². The van der Waals surface area contributed by atoms with Gasteiger partial charge in [-0.2, -0.15) is 0 Å². The van der Waals surface area contributed by atoms with Crippen molar-refractivity contribution in [2.45, 2.75) is 26.2 Å². The maximum Gasteiger partial charge on any atom is 0.215 e. The van der Waals surface area contributed by atoms with Crippen LogP contribution in [0.1, 0.15) is 42.3 Å². The standard InChI is InChI=1S/C25H23NO3/c1-25(2,3)15-9-11-16(12-10-15)29-24-18-8-6-5-7-17(18)22(27)19-13-14-20(26-4)23(28)21(19)24/h5-14,27H,1-4H3. The monoisotopic (exact) mass is 385 g/mol. The number of allylic oxidation sites excluding steroid dienone is 1. The molecule has 1 aliphatic carbocycles. The van der Waals surface area contributed by atoms with E-state index in [-0.39, 0.29) is 16.9 Å². The Balaban J connectivity index is 1.92. The molecule has 0 radical (unpaired) electrons. The van der Waals surface area contributed by atoms with Gasteiger partial charge in [-0.15, -0.1) is 0 Å². The normalized spacial score (nSPS) is 15.0. The molecule has 1 aliphatic rings. The molecule has 0 fully saturated rings. The van der Waals surface area contributed by atoms with E-state index < -0.39 is 0 Å². The summed E-state index contributed by atoms with van der Waals surface area (Å²) >= 11 is 0. The van der Waals surface area contributed by atoms with Gasteiger partial charge in [0.15, 0.2) is 0 Å². The van der Waals surface area contributed by atoms with Gasteiger partial charge in [0.2, 0.25) is 5.78 Å². The first-order chi connectivity index (χ1) is 13.8. The molecular weight excluding hydrogens is 362 g/mol. The van der Waals surface area contributed by atoms with Gasteiger partial charge in [0.05, 0.1) is 5.56 Å². The zero-order valence-corrected chi connectivity index (χ0v) is 17.0. The van der Waals surface area contributed by atoms with Crippen LogP contribution in [0.2, 0.25) is 0 Å². The van der Waals surface area contributed by atoms with Crippen molar-refractivity contribution < 1.29 is 14.6 Å². The number of aliphatic imine (C=N–C) groups is 1. The lowest BCUT2D eigenvalue weighted by atomic mass is 9.87. The lowest BCUT2D eigenvalue weighted by Crippen LogP contribution is -2.18. The van der Waals surface area contributed by atoms with Crippen molar-refractivity contribution in [3.8, 4) is 17.2 Å². The van der Waals surface area contributed by atoms with Crippen LogP contribution in [0.5, 0.6) is 17.2 Å². The number of hydrogen-bond donors (Lipinski definition) is 1. The van der Waals surface area contributed by atoms with Gasteiger partial charge in [0.1, 0.15) is 23.0 Å². The van der Waals surface area contributed by atoms with Crippen molar-refractivity contribution in [1.82, 2.24) is 0 Å². The quantitative estimate of drug-likeness (QED) is 0.596. The first-order valence-electron chi connectivity index (χ1n) is 9.57. The zero-order valence-electron chi connectivity index (χ0n) is 17.0. The number of Topliss-reactive ketones (excluding diaryl/α,β-unsaturated/α-hetero) is 1. The largest absolute Gasteiger partial charge is 0.507 e. The van der Waals surface area contributed by atoms with Crippen LogP contribution in [-0.2, 0) is 5.41 Å². The molecular formula is C25H23NO3. The molecule has 29 heavy (non-hydrogen) atoms. The molecule has 146 valence electrons. The van der Waals surface area contributed by atoms with Crippen LogP contribution in [0.4, 0.5) is 0 Å². The Bertz CT molecular complexity index is 1180. The Labute approximate surface area is 170 Å². The molecule has 1 N–H and O–H groups in total. The third-order valence-corrected chi connectivity index (χ3v) is 5.23. The number of phenols is 1. The Morgan fingerprint density at radius 3 is 2.21 bits per heavy atom. The lowest BCUT2D eigenvalue weighted by molar-refractivity contribution is 0.106. The van der Waals surface area contributed by atoms with Gasteiger partial charge >= 0.3 is 0 Å². The fourth-order valence-electron chi connectivity index (χ4n) is 3.58. The predicted molar refractivity (Wildman–Crippen MR) is 118 cm³/mol. The summed E-state index contributed by atoms with van der Waals surface area (Å²) in [6.07, 6.45) is 3.34. The Morgan fingerprint density at radius 2 is 1.59 bits per heavy atom. The molecule has 0 saturated carbocycles. The van der Waals surface area contributed by atoms with E-state index in [1.165, 1.54) is 5.56 Å². The van der Waals surface area contributed by atoms with E-state index in [4.69, 9.17) is 4.74 Å². The third kappa shape index (κ3) is 3.21. The second-order valence-electron chi connectivity index (χ2n) is 8.16. The fourth-order valence-corrected chi connectivity index (χ4v) is 3.58. The number of nitrogens with zero attached hydrogens (tertiary/aromatic N) is 1. The van der Waals surface area contributed by atoms with Crippen molar-refractivity contribution in [2.24, 2.45) is 4.99 Å². The lowest BCUT2D eigenvalue weighted by Gasteiger charge is -2.21. The van der Waals surface area contributed by atoms with Crippen LogP contribution >= 0.6 is 0 Å². The van der Waals surface area contributed by atoms with E-state index in [9.17, 15) is 9.90 Å². The van der Waals surface area contributed by atoms with Gasteiger partial charge in [-0.1, -0.05) is 57.2 Å². The van der Waals surface area contributed by atoms with E-state index >= 15 is 0 Å². The summed E-state index contributed by atoms with van der Waals surface area (Å²) in [7, 11) is 1.58. The number of ether oxygens (including phenoxy) is 1. The third-order valence-electron chi connectivity index (χ3n) is 5.23. The molecule has 0 atom stereocenters. The molecule has 4 nitrogen and oxygen atoms in total. The Hall–Kier alpha value is -3.40. The summed E-state index contributed by atoms with van der Waals surface area (Å²) in [4.78, 5) is 17.1. The molecule has 0 heterocycles. The molecule has 4 heteroatoms. The number of rotatable bonds is 2. The van der Waals surface area contributed by atoms with Crippen molar-refractivity contribution >= 4 is 28.3 Å². The molecule has 0 amide bonds. The van der Waals surface area contributed by atoms with Gasteiger partial charge in [0.25, 0.3) is 0 Å². The summed E-state index contributed by atoms with van der Waals surface area (Å²) in [5.41, 5.74) is 2.37. The highest BCUT2D eigenvalue weighted by Crippen LogP contribution is 2.44. The van der Waals surface area contributed by atoms with E-state index in [0.717, 1.165) is 0 Å². The number of benzene rings is 3. The summed E-state index contributed by atoms with van der Waals surface area (Å²) in [6, 6.07) is 15.3. The highest BCUT2D eigenvalue weighted by molar-refractivity contribution is 6.53. The molecule has 3 aromatic carbocycles. The average Bonchev–Trinajstić information content (AvgIpc) is 2.71. The highest BCUT2D eigenvalue weighted by atomic mass is 16.5.